The summed E-state index contributed by atoms with van der Waals surface area (Å²) in [6, 6.07) is 10.8. The third kappa shape index (κ3) is 3.71. The summed E-state index contributed by atoms with van der Waals surface area (Å²) in [4.78, 5) is 26.1. The molecule has 0 saturated heterocycles. The van der Waals surface area contributed by atoms with Crippen molar-refractivity contribution in [2.75, 3.05) is 37.5 Å². The molecule has 1 aliphatic rings. The van der Waals surface area contributed by atoms with E-state index < -0.39 is 10.0 Å². The zero-order valence-corrected chi connectivity index (χ0v) is 16.6. The predicted octanol–water partition coefficient (Wildman–Crippen LogP) is 1.93. The fourth-order valence-electron chi connectivity index (χ4n) is 2.82. The second kappa shape index (κ2) is 7.61. The third-order valence-corrected chi connectivity index (χ3v) is 6.20. The zero-order chi connectivity index (χ0) is 20.5. The second-order valence-electron chi connectivity index (χ2n) is 6.38. The lowest BCUT2D eigenvalue weighted by molar-refractivity contribution is -0.121. The van der Waals surface area contributed by atoms with E-state index in [0.717, 1.165) is 4.31 Å². The molecule has 1 aliphatic heterocycles. The molecule has 3 rings (SSSR count). The Morgan fingerprint density at radius 2 is 1.86 bits per heavy atom. The summed E-state index contributed by atoms with van der Waals surface area (Å²) < 4.78 is 30.8. The summed E-state index contributed by atoms with van der Waals surface area (Å²) in [7, 11) is -0.656. The van der Waals surface area contributed by atoms with E-state index in [0.29, 0.717) is 29.2 Å². The van der Waals surface area contributed by atoms with Gasteiger partial charge < -0.3 is 15.0 Å². The Balaban J connectivity index is 1.78. The van der Waals surface area contributed by atoms with Crippen molar-refractivity contribution in [1.29, 1.82) is 0 Å². The number of carbonyl (C=O) groups excluding carboxylic acids is 2. The molecule has 9 heteroatoms. The van der Waals surface area contributed by atoms with Crippen LogP contribution in [0.25, 0.3) is 0 Å². The number of amides is 2. The molecule has 0 aliphatic carbocycles. The molecule has 0 saturated carbocycles. The number of sulfonamides is 1. The molecule has 0 unspecified atom stereocenters. The first kappa shape index (κ1) is 19.8. The van der Waals surface area contributed by atoms with Gasteiger partial charge in [0.15, 0.2) is 6.61 Å². The van der Waals surface area contributed by atoms with Crippen LogP contribution in [-0.4, -0.2) is 51.8 Å². The molecule has 2 aromatic carbocycles. The number of anilines is 2. The van der Waals surface area contributed by atoms with Gasteiger partial charge in [-0.05, 0) is 43.3 Å². The van der Waals surface area contributed by atoms with Crippen molar-refractivity contribution in [3.63, 3.8) is 0 Å². The fraction of sp³-hybridized carbons (Fsp3) is 0.263. The van der Waals surface area contributed by atoms with Crippen LogP contribution in [0.1, 0.15) is 17.3 Å². The topological polar surface area (TPSA) is 96.0 Å². The molecule has 0 spiro atoms. The maximum Gasteiger partial charge on any atom is 0.265 e. The van der Waals surface area contributed by atoms with Crippen molar-refractivity contribution < 1.29 is 22.7 Å². The number of rotatable bonds is 5. The number of hydrogen-bond donors (Lipinski definition) is 1. The van der Waals surface area contributed by atoms with Crippen LogP contribution in [0.15, 0.2) is 47.4 Å². The van der Waals surface area contributed by atoms with Gasteiger partial charge >= 0.3 is 0 Å². The minimum Gasteiger partial charge on any atom is -0.481 e. The number of hydrogen-bond acceptors (Lipinski definition) is 5. The average molecular weight is 403 g/mol. The minimum atomic E-state index is -3.55. The van der Waals surface area contributed by atoms with Crippen LogP contribution in [0.2, 0.25) is 0 Å². The van der Waals surface area contributed by atoms with E-state index >= 15 is 0 Å². The van der Waals surface area contributed by atoms with Crippen molar-refractivity contribution in [1.82, 2.24) is 4.31 Å². The summed E-state index contributed by atoms with van der Waals surface area (Å²) >= 11 is 0. The van der Waals surface area contributed by atoms with Gasteiger partial charge in [-0.1, -0.05) is 0 Å². The van der Waals surface area contributed by atoms with Gasteiger partial charge in [-0.15, -0.1) is 0 Å². The molecule has 0 atom stereocenters. The van der Waals surface area contributed by atoms with E-state index in [4.69, 9.17) is 4.74 Å². The Hall–Kier alpha value is -2.91. The lowest BCUT2D eigenvalue weighted by atomic mass is 10.2. The van der Waals surface area contributed by atoms with Crippen LogP contribution in [-0.2, 0) is 14.8 Å². The predicted molar refractivity (Wildman–Crippen MR) is 105 cm³/mol. The van der Waals surface area contributed by atoms with E-state index in [-0.39, 0.29) is 23.3 Å². The summed E-state index contributed by atoms with van der Waals surface area (Å²) in [6.07, 6.45) is 0. The van der Waals surface area contributed by atoms with Gasteiger partial charge in [0, 0.05) is 38.0 Å². The van der Waals surface area contributed by atoms with Crippen LogP contribution in [0.5, 0.6) is 5.75 Å². The number of carbonyl (C=O) groups is 2. The van der Waals surface area contributed by atoms with Gasteiger partial charge in [0.1, 0.15) is 5.75 Å². The molecule has 8 nitrogen and oxygen atoms in total. The Morgan fingerprint density at radius 1 is 1.18 bits per heavy atom. The first-order chi connectivity index (χ1) is 13.2. The van der Waals surface area contributed by atoms with Gasteiger partial charge in [-0.3, -0.25) is 9.59 Å². The van der Waals surface area contributed by atoms with Crippen molar-refractivity contribution in [3.8, 4) is 5.75 Å². The quantitative estimate of drug-likeness (QED) is 0.823. The van der Waals surface area contributed by atoms with Crippen LogP contribution < -0.4 is 15.0 Å². The summed E-state index contributed by atoms with van der Waals surface area (Å²) in [5, 5.41) is 2.75. The molecular weight excluding hydrogens is 382 g/mol. The highest BCUT2D eigenvalue weighted by molar-refractivity contribution is 7.89. The number of benzene rings is 2. The highest BCUT2D eigenvalue weighted by atomic mass is 32.2. The number of nitrogens with zero attached hydrogens (tertiary/aromatic N) is 2. The lowest BCUT2D eigenvalue weighted by Gasteiger charge is -2.28. The van der Waals surface area contributed by atoms with Gasteiger partial charge in [0.2, 0.25) is 10.0 Å². The van der Waals surface area contributed by atoms with Crippen molar-refractivity contribution in [3.05, 3.63) is 48.0 Å². The third-order valence-electron chi connectivity index (χ3n) is 4.37. The summed E-state index contributed by atoms with van der Waals surface area (Å²) in [6.45, 7) is 2.37. The first-order valence-electron chi connectivity index (χ1n) is 8.65. The molecule has 2 aromatic rings. The van der Waals surface area contributed by atoms with E-state index in [9.17, 15) is 18.0 Å². The zero-order valence-electron chi connectivity index (χ0n) is 15.8. The molecule has 0 fully saturated rings. The fourth-order valence-corrected chi connectivity index (χ4v) is 3.72. The molecule has 148 valence electrons. The number of likely N-dealkylation sites (N-methyl/N-ethyl adjacent to an activating group) is 1. The van der Waals surface area contributed by atoms with Crippen LogP contribution in [0.3, 0.4) is 0 Å². The molecule has 0 aromatic heterocycles. The van der Waals surface area contributed by atoms with Crippen LogP contribution in [0.4, 0.5) is 11.4 Å². The first-order valence-corrected chi connectivity index (χ1v) is 10.1. The van der Waals surface area contributed by atoms with Gasteiger partial charge in [-0.25, -0.2) is 12.7 Å². The van der Waals surface area contributed by atoms with Crippen LogP contribution in [0, 0.1) is 0 Å². The Kier molecular flexibility index (Phi) is 5.39. The maximum absolute atomic E-state index is 12.5. The Labute approximate surface area is 163 Å². The largest absolute Gasteiger partial charge is 0.481 e. The van der Waals surface area contributed by atoms with Crippen molar-refractivity contribution >= 4 is 33.2 Å². The molecule has 1 heterocycles. The van der Waals surface area contributed by atoms with E-state index in [1.165, 1.54) is 38.4 Å². The van der Waals surface area contributed by atoms with Gasteiger partial charge in [0.05, 0.1) is 10.6 Å². The SMILES string of the molecule is CCN1C(=O)COc2cc(NC(=O)c3ccc(S(=O)(=O)N(C)C)cc3)ccc21. The summed E-state index contributed by atoms with van der Waals surface area (Å²) in [5.41, 5.74) is 1.50. The second-order valence-corrected chi connectivity index (χ2v) is 8.53. The van der Waals surface area contributed by atoms with Crippen molar-refractivity contribution in [2.24, 2.45) is 0 Å². The lowest BCUT2D eigenvalue weighted by Crippen LogP contribution is -2.38. The number of nitrogens with one attached hydrogen (secondary N) is 1. The maximum atomic E-state index is 12.5. The average Bonchev–Trinajstić information content (AvgIpc) is 2.68. The Morgan fingerprint density at radius 3 is 2.46 bits per heavy atom. The number of ether oxygens (including phenoxy) is 1. The molecule has 28 heavy (non-hydrogen) atoms. The van der Waals surface area contributed by atoms with Crippen LogP contribution >= 0.6 is 0 Å². The van der Waals surface area contributed by atoms with Gasteiger partial charge in [-0.2, -0.15) is 0 Å². The van der Waals surface area contributed by atoms with E-state index in [1.54, 1.807) is 23.1 Å². The molecule has 0 radical (unpaired) electrons. The highest BCUT2D eigenvalue weighted by Gasteiger charge is 2.24. The van der Waals surface area contributed by atoms with Gasteiger partial charge in [0.25, 0.3) is 11.8 Å². The normalized spacial score (nSPS) is 13.9. The standard InChI is InChI=1S/C19H21N3O5S/c1-4-22-16-10-7-14(11-17(16)27-12-18(22)23)20-19(24)13-5-8-15(9-6-13)28(25,26)21(2)3/h5-11H,4,12H2,1-3H3,(H,20,24). The smallest absolute Gasteiger partial charge is 0.265 e. The monoisotopic (exact) mass is 403 g/mol. The molecule has 0 bridgehead atoms. The minimum absolute atomic E-state index is 0.0416. The summed E-state index contributed by atoms with van der Waals surface area (Å²) in [5.74, 6) is 0.0270. The van der Waals surface area contributed by atoms with E-state index in [1.807, 2.05) is 6.92 Å². The highest BCUT2D eigenvalue weighted by Crippen LogP contribution is 2.34. The molecule has 1 N–H and O–H groups in total. The Bertz CT molecular complexity index is 1020. The van der Waals surface area contributed by atoms with E-state index in [2.05, 4.69) is 5.32 Å². The molecular formula is C19H21N3O5S. The molecule has 2 amide bonds. The van der Waals surface area contributed by atoms with Crippen molar-refractivity contribution in [2.45, 2.75) is 11.8 Å². The number of fused-ring (bicyclic) bond motifs is 1.